The summed E-state index contributed by atoms with van der Waals surface area (Å²) in [5.41, 5.74) is 2.31. The zero-order valence-electron chi connectivity index (χ0n) is 14.8. The molecule has 0 aliphatic rings. The number of hydrogen-bond donors (Lipinski definition) is 1. The highest BCUT2D eigenvalue weighted by atomic mass is 16.5. The molecule has 1 N–H and O–H groups in total. The highest BCUT2D eigenvalue weighted by Crippen LogP contribution is 2.18. The fraction of sp³-hybridized carbons (Fsp3) is 0.238. The molecule has 5 heteroatoms. The molecule has 2 heterocycles. The number of nitrogens with one attached hydrogen (secondary N) is 1. The van der Waals surface area contributed by atoms with Crippen molar-refractivity contribution >= 4 is 5.91 Å². The van der Waals surface area contributed by atoms with Crippen molar-refractivity contribution in [3.05, 3.63) is 72.1 Å². The highest BCUT2D eigenvalue weighted by molar-refractivity contribution is 5.94. The Morgan fingerprint density at radius 2 is 2.04 bits per heavy atom. The van der Waals surface area contributed by atoms with E-state index in [2.05, 4.69) is 17.2 Å². The third-order valence-electron chi connectivity index (χ3n) is 3.93. The first-order chi connectivity index (χ1) is 12.8. The Kier molecular flexibility index (Phi) is 6.04. The Morgan fingerprint density at radius 3 is 2.77 bits per heavy atom. The Labute approximate surface area is 153 Å². The molecule has 0 radical (unpaired) electrons. The maximum absolute atomic E-state index is 12.3. The van der Waals surface area contributed by atoms with E-state index in [1.165, 1.54) is 0 Å². The first-order valence-corrected chi connectivity index (χ1v) is 8.76. The number of hydrogen-bond acceptors (Lipinski definition) is 4. The average molecular weight is 350 g/mol. The van der Waals surface area contributed by atoms with E-state index < -0.39 is 0 Å². The second kappa shape index (κ2) is 8.85. The first-order valence-electron chi connectivity index (χ1n) is 8.76. The summed E-state index contributed by atoms with van der Waals surface area (Å²) in [6.45, 7) is 3.24. The summed E-state index contributed by atoms with van der Waals surface area (Å²) in [6.07, 6.45) is 5.44. The summed E-state index contributed by atoms with van der Waals surface area (Å²) in [5.74, 6) is 1.37. The smallest absolute Gasteiger partial charge is 0.251 e. The van der Waals surface area contributed by atoms with Gasteiger partial charge >= 0.3 is 0 Å². The fourth-order valence-corrected chi connectivity index (χ4v) is 2.46. The first kappa shape index (κ1) is 17.7. The maximum Gasteiger partial charge on any atom is 0.251 e. The number of amides is 1. The van der Waals surface area contributed by atoms with Crippen LogP contribution in [0.25, 0.3) is 11.5 Å². The Bertz CT molecular complexity index is 827. The molecule has 3 aromatic rings. The van der Waals surface area contributed by atoms with Crippen LogP contribution in [0.4, 0.5) is 0 Å². The lowest BCUT2D eigenvalue weighted by Crippen LogP contribution is -2.22. The van der Waals surface area contributed by atoms with Gasteiger partial charge in [0.05, 0.1) is 12.9 Å². The lowest BCUT2D eigenvalue weighted by Gasteiger charge is -2.08. The maximum atomic E-state index is 12.3. The predicted octanol–water partition coefficient (Wildman–Crippen LogP) is 4.45. The molecule has 1 amide bonds. The van der Waals surface area contributed by atoms with Crippen molar-refractivity contribution in [2.45, 2.75) is 26.3 Å². The van der Waals surface area contributed by atoms with Gasteiger partial charge in [-0.1, -0.05) is 13.3 Å². The molecule has 5 nitrogen and oxygen atoms in total. The standard InChI is InChI=1S/C21H22N2O3/c1-2-3-12-25-18-8-6-17(7-9-18)21(24)23-15-16-10-11-22-19(14-16)20-5-4-13-26-20/h4-11,13-14H,2-3,12,15H2,1H3,(H,23,24). The molecule has 134 valence electrons. The molecule has 0 spiro atoms. The minimum atomic E-state index is -0.124. The van der Waals surface area contributed by atoms with E-state index in [1.54, 1.807) is 24.6 Å². The molecule has 0 saturated carbocycles. The summed E-state index contributed by atoms with van der Waals surface area (Å²) >= 11 is 0. The van der Waals surface area contributed by atoms with Gasteiger partial charge in [0.2, 0.25) is 0 Å². The summed E-state index contributed by atoms with van der Waals surface area (Å²) in [7, 11) is 0. The van der Waals surface area contributed by atoms with Crippen LogP contribution >= 0.6 is 0 Å². The largest absolute Gasteiger partial charge is 0.494 e. The van der Waals surface area contributed by atoms with Gasteiger partial charge in [0.15, 0.2) is 5.76 Å². The van der Waals surface area contributed by atoms with E-state index in [-0.39, 0.29) is 5.91 Å². The third-order valence-corrected chi connectivity index (χ3v) is 3.93. The van der Waals surface area contributed by atoms with Crippen molar-refractivity contribution in [2.75, 3.05) is 6.61 Å². The molecular formula is C21H22N2O3. The molecule has 0 atom stereocenters. The number of unbranched alkanes of at least 4 members (excludes halogenated alkanes) is 1. The zero-order chi connectivity index (χ0) is 18.2. The topological polar surface area (TPSA) is 64.4 Å². The molecular weight excluding hydrogens is 328 g/mol. The van der Waals surface area contributed by atoms with Gasteiger partial charge in [0.25, 0.3) is 5.91 Å². The number of carbonyl (C=O) groups excluding carboxylic acids is 1. The van der Waals surface area contributed by atoms with Gasteiger partial charge in [0.1, 0.15) is 11.4 Å². The second-order valence-electron chi connectivity index (χ2n) is 5.94. The van der Waals surface area contributed by atoms with Gasteiger partial charge in [-0.25, -0.2) is 0 Å². The molecule has 1 aromatic carbocycles. The molecule has 26 heavy (non-hydrogen) atoms. The van der Waals surface area contributed by atoms with Gasteiger partial charge in [0, 0.05) is 18.3 Å². The lowest BCUT2D eigenvalue weighted by atomic mass is 10.1. The van der Waals surface area contributed by atoms with Crippen molar-refractivity contribution in [3.8, 4) is 17.2 Å². The Morgan fingerprint density at radius 1 is 1.19 bits per heavy atom. The molecule has 3 rings (SSSR count). The monoisotopic (exact) mass is 350 g/mol. The number of carbonyl (C=O) groups is 1. The van der Waals surface area contributed by atoms with Crippen LogP contribution in [0, 0.1) is 0 Å². The van der Waals surface area contributed by atoms with Crippen LogP contribution in [-0.2, 0) is 6.54 Å². The molecule has 0 unspecified atom stereocenters. The fourth-order valence-electron chi connectivity index (χ4n) is 2.46. The number of furan rings is 1. The lowest BCUT2D eigenvalue weighted by molar-refractivity contribution is 0.0951. The van der Waals surface area contributed by atoms with Crippen molar-refractivity contribution in [1.82, 2.24) is 10.3 Å². The van der Waals surface area contributed by atoms with E-state index in [9.17, 15) is 4.79 Å². The number of ether oxygens (including phenoxy) is 1. The molecule has 0 aliphatic heterocycles. The van der Waals surface area contributed by atoms with Crippen LogP contribution in [0.15, 0.2) is 65.4 Å². The van der Waals surface area contributed by atoms with Crippen molar-refractivity contribution < 1.29 is 13.9 Å². The van der Waals surface area contributed by atoms with Gasteiger partial charge in [-0.2, -0.15) is 0 Å². The number of nitrogens with zero attached hydrogens (tertiary/aromatic N) is 1. The van der Waals surface area contributed by atoms with Gasteiger partial charge < -0.3 is 14.5 Å². The normalized spacial score (nSPS) is 10.5. The van der Waals surface area contributed by atoms with Crippen molar-refractivity contribution in [2.24, 2.45) is 0 Å². The van der Waals surface area contributed by atoms with Crippen LogP contribution in [0.2, 0.25) is 0 Å². The Balaban J connectivity index is 1.56. The number of benzene rings is 1. The van der Waals surface area contributed by atoms with Crippen LogP contribution in [0.1, 0.15) is 35.7 Å². The molecule has 0 aliphatic carbocycles. The summed E-state index contributed by atoms with van der Waals surface area (Å²) in [4.78, 5) is 16.6. The quantitative estimate of drug-likeness (QED) is 0.610. The van der Waals surface area contributed by atoms with E-state index in [1.807, 2.05) is 36.4 Å². The number of aromatic nitrogens is 1. The van der Waals surface area contributed by atoms with Gasteiger partial charge in [-0.3, -0.25) is 9.78 Å². The van der Waals surface area contributed by atoms with E-state index in [4.69, 9.17) is 9.15 Å². The Hall–Kier alpha value is -3.08. The van der Waals surface area contributed by atoms with Crippen molar-refractivity contribution in [1.29, 1.82) is 0 Å². The summed E-state index contributed by atoms with van der Waals surface area (Å²) in [6, 6.07) is 14.7. The third kappa shape index (κ3) is 4.72. The van der Waals surface area contributed by atoms with Crippen LogP contribution < -0.4 is 10.1 Å². The van der Waals surface area contributed by atoms with E-state index in [0.29, 0.717) is 24.5 Å². The highest BCUT2D eigenvalue weighted by Gasteiger charge is 2.07. The average Bonchev–Trinajstić information content (AvgIpc) is 3.22. The van der Waals surface area contributed by atoms with Crippen LogP contribution in [0.5, 0.6) is 5.75 Å². The summed E-state index contributed by atoms with van der Waals surface area (Å²) in [5, 5.41) is 2.92. The minimum Gasteiger partial charge on any atom is -0.494 e. The predicted molar refractivity (Wildman–Crippen MR) is 100.0 cm³/mol. The molecule has 0 bridgehead atoms. The minimum absolute atomic E-state index is 0.124. The molecule has 0 saturated heterocycles. The molecule has 0 fully saturated rings. The molecule has 2 aromatic heterocycles. The van der Waals surface area contributed by atoms with Gasteiger partial charge in [-0.15, -0.1) is 0 Å². The van der Waals surface area contributed by atoms with Crippen LogP contribution in [-0.4, -0.2) is 17.5 Å². The second-order valence-corrected chi connectivity index (χ2v) is 5.94. The van der Waals surface area contributed by atoms with Crippen molar-refractivity contribution in [3.63, 3.8) is 0 Å². The number of rotatable bonds is 8. The van der Waals surface area contributed by atoms with E-state index in [0.717, 1.165) is 29.8 Å². The zero-order valence-corrected chi connectivity index (χ0v) is 14.8. The number of pyridine rings is 1. The van der Waals surface area contributed by atoms with Gasteiger partial charge in [-0.05, 0) is 60.5 Å². The van der Waals surface area contributed by atoms with Crippen LogP contribution in [0.3, 0.4) is 0 Å². The SMILES string of the molecule is CCCCOc1ccc(C(=O)NCc2ccnc(-c3ccco3)c2)cc1. The summed E-state index contributed by atoms with van der Waals surface area (Å²) < 4.78 is 11.0. The van der Waals surface area contributed by atoms with E-state index >= 15 is 0 Å².